The summed E-state index contributed by atoms with van der Waals surface area (Å²) in [7, 11) is 1.35. The molecule has 0 radical (unpaired) electrons. The van der Waals surface area contributed by atoms with Gasteiger partial charge in [0.2, 0.25) is 0 Å². The molecule has 1 heterocycles. The fourth-order valence-electron chi connectivity index (χ4n) is 1.91. The summed E-state index contributed by atoms with van der Waals surface area (Å²) in [5.74, 6) is -0.414. The van der Waals surface area contributed by atoms with E-state index in [9.17, 15) is 4.79 Å². The monoisotopic (exact) mass is 271 g/mol. The van der Waals surface area contributed by atoms with Crippen LogP contribution < -0.4 is 11.1 Å². The predicted molar refractivity (Wildman–Crippen MR) is 78.5 cm³/mol. The van der Waals surface area contributed by atoms with Crippen LogP contribution in [-0.2, 0) is 11.3 Å². The van der Waals surface area contributed by atoms with Crippen LogP contribution in [0.5, 0.6) is 0 Å². The van der Waals surface area contributed by atoms with Crippen molar-refractivity contribution in [3.05, 3.63) is 53.3 Å². The van der Waals surface area contributed by atoms with E-state index in [1.54, 1.807) is 30.6 Å². The smallest absolute Gasteiger partial charge is 0.340 e. The molecule has 0 spiro atoms. The minimum atomic E-state index is -0.414. The zero-order chi connectivity index (χ0) is 14.5. The molecule has 5 nitrogen and oxygen atoms in total. The number of carbonyl (C=O) groups is 1. The molecule has 0 aliphatic heterocycles. The average molecular weight is 271 g/mol. The molecule has 0 aliphatic carbocycles. The number of nitrogens with one attached hydrogen (secondary N) is 1. The Bertz CT molecular complexity index is 626. The van der Waals surface area contributed by atoms with Crippen molar-refractivity contribution in [3.63, 3.8) is 0 Å². The zero-order valence-electron chi connectivity index (χ0n) is 11.5. The Morgan fingerprint density at radius 2 is 2.20 bits per heavy atom. The van der Waals surface area contributed by atoms with Gasteiger partial charge >= 0.3 is 5.97 Å². The molecule has 104 valence electrons. The van der Waals surface area contributed by atoms with E-state index in [4.69, 9.17) is 10.5 Å². The number of rotatable bonds is 4. The average Bonchev–Trinajstić information content (AvgIpc) is 2.46. The molecule has 1 aromatic carbocycles. The highest BCUT2D eigenvalue weighted by Crippen LogP contribution is 2.25. The van der Waals surface area contributed by atoms with Gasteiger partial charge < -0.3 is 15.8 Å². The largest absolute Gasteiger partial charge is 0.465 e. The molecule has 5 heteroatoms. The number of pyridine rings is 1. The number of carbonyl (C=O) groups excluding carboxylic acids is 1. The van der Waals surface area contributed by atoms with Gasteiger partial charge in [0.1, 0.15) is 0 Å². The van der Waals surface area contributed by atoms with Crippen molar-refractivity contribution in [1.29, 1.82) is 0 Å². The minimum absolute atomic E-state index is 0.414. The molecule has 2 aromatic rings. The lowest BCUT2D eigenvalue weighted by atomic mass is 10.1. The second kappa shape index (κ2) is 6.06. The number of nitrogen functional groups attached to an aromatic ring is 1. The maximum atomic E-state index is 11.7. The molecule has 0 saturated heterocycles. The van der Waals surface area contributed by atoms with Crippen LogP contribution in [0.1, 0.15) is 21.5 Å². The second-order valence-electron chi connectivity index (χ2n) is 4.42. The van der Waals surface area contributed by atoms with Crippen LogP contribution in [0, 0.1) is 6.92 Å². The zero-order valence-corrected chi connectivity index (χ0v) is 11.5. The molecule has 0 bridgehead atoms. The first kappa shape index (κ1) is 13.9. The van der Waals surface area contributed by atoms with Gasteiger partial charge in [0, 0.05) is 18.9 Å². The molecule has 0 fully saturated rings. The molecule has 0 amide bonds. The molecule has 0 saturated carbocycles. The fraction of sp³-hybridized carbons (Fsp3) is 0.200. The number of nitrogens with two attached hydrogens (primary N) is 1. The van der Waals surface area contributed by atoms with Crippen LogP contribution in [0.15, 0.2) is 36.7 Å². The Morgan fingerprint density at radius 1 is 1.40 bits per heavy atom. The molecule has 2 rings (SSSR count). The number of nitrogens with zero attached hydrogens (tertiary/aromatic N) is 1. The summed E-state index contributed by atoms with van der Waals surface area (Å²) in [5, 5.41) is 3.19. The van der Waals surface area contributed by atoms with Gasteiger partial charge in [-0.15, -0.1) is 0 Å². The fourth-order valence-corrected chi connectivity index (χ4v) is 1.91. The quantitative estimate of drug-likeness (QED) is 0.659. The van der Waals surface area contributed by atoms with Gasteiger partial charge in [-0.25, -0.2) is 4.79 Å². The highest BCUT2D eigenvalue weighted by atomic mass is 16.5. The van der Waals surface area contributed by atoms with Gasteiger partial charge in [-0.1, -0.05) is 6.07 Å². The number of hydrogen-bond acceptors (Lipinski definition) is 5. The van der Waals surface area contributed by atoms with E-state index < -0.39 is 5.97 Å². The third-order valence-electron chi connectivity index (χ3n) is 3.11. The van der Waals surface area contributed by atoms with E-state index in [2.05, 4.69) is 10.3 Å². The van der Waals surface area contributed by atoms with Crippen LogP contribution in [0.25, 0.3) is 0 Å². The Balaban J connectivity index is 2.25. The normalized spacial score (nSPS) is 10.1. The third-order valence-corrected chi connectivity index (χ3v) is 3.11. The van der Waals surface area contributed by atoms with Crippen LogP contribution in [0.3, 0.4) is 0 Å². The van der Waals surface area contributed by atoms with Crippen molar-refractivity contribution in [2.75, 3.05) is 18.2 Å². The summed E-state index contributed by atoms with van der Waals surface area (Å²) < 4.78 is 4.76. The summed E-state index contributed by atoms with van der Waals surface area (Å²) in [6.45, 7) is 2.55. The first-order valence-electron chi connectivity index (χ1n) is 6.23. The second-order valence-corrected chi connectivity index (χ2v) is 4.42. The molecule has 0 unspecified atom stereocenters. The van der Waals surface area contributed by atoms with Crippen molar-refractivity contribution in [2.45, 2.75) is 13.5 Å². The van der Waals surface area contributed by atoms with Crippen molar-refractivity contribution in [3.8, 4) is 0 Å². The third kappa shape index (κ3) is 2.88. The van der Waals surface area contributed by atoms with Gasteiger partial charge in [-0.2, -0.15) is 0 Å². The van der Waals surface area contributed by atoms with E-state index >= 15 is 0 Å². The van der Waals surface area contributed by atoms with Gasteiger partial charge in [-0.3, -0.25) is 4.98 Å². The predicted octanol–water partition coefficient (Wildman–Crippen LogP) is 2.37. The number of hydrogen-bond donors (Lipinski definition) is 2. The summed E-state index contributed by atoms with van der Waals surface area (Å²) in [6.07, 6.45) is 3.54. The van der Waals surface area contributed by atoms with E-state index in [1.807, 2.05) is 13.0 Å². The molecular weight excluding hydrogens is 254 g/mol. The van der Waals surface area contributed by atoms with Crippen molar-refractivity contribution < 1.29 is 9.53 Å². The lowest BCUT2D eigenvalue weighted by molar-refractivity contribution is 0.0602. The van der Waals surface area contributed by atoms with E-state index in [0.29, 0.717) is 23.5 Å². The van der Waals surface area contributed by atoms with Gasteiger partial charge in [-0.05, 0) is 36.2 Å². The number of aromatic nitrogens is 1. The van der Waals surface area contributed by atoms with Crippen molar-refractivity contribution in [2.24, 2.45) is 0 Å². The van der Waals surface area contributed by atoms with E-state index in [0.717, 1.165) is 11.1 Å². The number of aryl methyl sites for hydroxylation is 1. The molecule has 0 atom stereocenters. The standard InChI is InChI=1S/C15H17N3O2/c1-10-6-7-17-8-11(10)9-18-14-12(15(19)20-2)4-3-5-13(14)16/h3-8,18H,9,16H2,1-2H3. The lowest BCUT2D eigenvalue weighted by Gasteiger charge is -2.14. The van der Waals surface area contributed by atoms with E-state index in [-0.39, 0.29) is 0 Å². The first-order valence-corrected chi connectivity index (χ1v) is 6.23. The van der Waals surface area contributed by atoms with Crippen LogP contribution in [0.2, 0.25) is 0 Å². The number of ether oxygens (including phenoxy) is 1. The number of benzene rings is 1. The Hall–Kier alpha value is -2.56. The van der Waals surface area contributed by atoms with Crippen molar-refractivity contribution >= 4 is 17.3 Å². The number of para-hydroxylation sites is 1. The minimum Gasteiger partial charge on any atom is -0.465 e. The number of anilines is 2. The molecule has 0 aliphatic rings. The summed E-state index contributed by atoms with van der Waals surface area (Å²) in [5.41, 5.74) is 9.62. The summed E-state index contributed by atoms with van der Waals surface area (Å²) >= 11 is 0. The topological polar surface area (TPSA) is 77.2 Å². The summed E-state index contributed by atoms with van der Waals surface area (Å²) in [4.78, 5) is 15.8. The Morgan fingerprint density at radius 3 is 2.90 bits per heavy atom. The van der Waals surface area contributed by atoms with Crippen LogP contribution in [-0.4, -0.2) is 18.1 Å². The SMILES string of the molecule is COC(=O)c1cccc(N)c1NCc1cnccc1C. The molecule has 1 aromatic heterocycles. The maximum Gasteiger partial charge on any atom is 0.340 e. The summed E-state index contributed by atoms with van der Waals surface area (Å²) in [6, 6.07) is 7.08. The molecule has 3 N–H and O–H groups in total. The first-order chi connectivity index (χ1) is 9.63. The van der Waals surface area contributed by atoms with Crippen LogP contribution in [0.4, 0.5) is 11.4 Å². The van der Waals surface area contributed by atoms with Crippen molar-refractivity contribution in [1.82, 2.24) is 4.98 Å². The number of methoxy groups -OCH3 is 1. The van der Waals surface area contributed by atoms with Gasteiger partial charge in [0.05, 0.1) is 24.0 Å². The highest BCUT2D eigenvalue weighted by Gasteiger charge is 2.14. The van der Waals surface area contributed by atoms with Gasteiger partial charge in [0.25, 0.3) is 0 Å². The van der Waals surface area contributed by atoms with Gasteiger partial charge in [0.15, 0.2) is 0 Å². The molecular formula is C15H17N3O2. The number of esters is 1. The Labute approximate surface area is 117 Å². The highest BCUT2D eigenvalue weighted by molar-refractivity contribution is 5.98. The lowest BCUT2D eigenvalue weighted by Crippen LogP contribution is -2.11. The van der Waals surface area contributed by atoms with E-state index in [1.165, 1.54) is 7.11 Å². The molecule has 20 heavy (non-hydrogen) atoms. The Kier molecular flexibility index (Phi) is 4.20. The van der Waals surface area contributed by atoms with Crippen LogP contribution >= 0.6 is 0 Å². The maximum absolute atomic E-state index is 11.7.